The average molecular weight is 354 g/mol. The molecule has 1 aromatic carbocycles. The van der Waals surface area contributed by atoms with Crippen molar-refractivity contribution in [1.29, 1.82) is 0 Å². The highest BCUT2D eigenvalue weighted by molar-refractivity contribution is 7.17. The van der Waals surface area contributed by atoms with Gasteiger partial charge in [-0.05, 0) is 5.56 Å². The predicted octanol–water partition coefficient (Wildman–Crippen LogP) is 2.44. The lowest BCUT2D eigenvalue weighted by Gasteiger charge is -2.28. The van der Waals surface area contributed by atoms with Crippen LogP contribution in [-0.4, -0.2) is 42.6 Å². The summed E-state index contributed by atoms with van der Waals surface area (Å²) in [6, 6.07) is 10.2. The number of thiophene rings is 1. The number of aromatic nitrogens is 2. The van der Waals surface area contributed by atoms with Crippen molar-refractivity contribution in [1.82, 2.24) is 15.3 Å². The zero-order chi connectivity index (χ0) is 17.2. The molecule has 7 heteroatoms. The maximum atomic E-state index is 11.9. The fraction of sp³-hybridized carbons (Fsp3) is 0.278. The van der Waals surface area contributed by atoms with E-state index in [4.69, 9.17) is 9.72 Å². The van der Waals surface area contributed by atoms with Crippen molar-refractivity contribution in [3.8, 4) is 11.1 Å². The number of rotatable bonds is 4. The number of methoxy groups -OCH3 is 1. The van der Waals surface area contributed by atoms with Crippen molar-refractivity contribution in [3.63, 3.8) is 0 Å². The van der Waals surface area contributed by atoms with Crippen molar-refractivity contribution in [2.24, 2.45) is 0 Å². The molecule has 1 saturated heterocycles. The van der Waals surface area contributed by atoms with E-state index in [0.29, 0.717) is 25.5 Å². The van der Waals surface area contributed by atoms with Crippen LogP contribution in [0.25, 0.3) is 21.3 Å². The number of carbonyl (C=O) groups excluding carboxylic acids is 1. The summed E-state index contributed by atoms with van der Waals surface area (Å²) in [6.45, 7) is 2.01. The molecule has 128 valence electrons. The lowest BCUT2D eigenvalue weighted by molar-refractivity contribution is -0.120. The van der Waals surface area contributed by atoms with Gasteiger partial charge in [-0.15, -0.1) is 11.3 Å². The van der Waals surface area contributed by atoms with Crippen LogP contribution in [-0.2, 0) is 16.1 Å². The number of hydrogen-bond acceptors (Lipinski definition) is 6. The van der Waals surface area contributed by atoms with Gasteiger partial charge in [-0.1, -0.05) is 30.3 Å². The first-order valence-electron chi connectivity index (χ1n) is 8.10. The summed E-state index contributed by atoms with van der Waals surface area (Å²) in [4.78, 5) is 24.2. The Hall–Kier alpha value is -2.51. The van der Waals surface area contributed by atoms with E-state index in [-0.39, 0.29) is 5.91 Å². The number of amides is 1. The molecule has 25 heavy (non-hydrogen) atoms. The number of carbonyl (C=O) groups is 1. The molecule has 1 N–H and O–H groups in total. The third-order valence-electron chi connectivity index (χ3n) is 4.16. The van der Waals surface area contributed by atoms with Crippen molar-refractivity contribution in [2.45, 2.75) is 6.61 Å². The number of anilines is 1. The van der Waals surface area contributed by atoms with Crippen molar-refractivity contribution in [2.75, 3.05) is 31.6 Å². The van der Waals surface area contributed by atoms with E-state index in [1.165, 1.54) is 0 Å². The third kappa shape index (κ3) is 3.08. The molecule has 3 heterocycles. The summed E-state index contributed by atoms with van der Waals surface area (Å²) in [5.41, 5.74) is 2.23. The summed E-state index contributed by atoms with van der Waals surface area (Å²) in [5, 5.41) is 5.98. The molecule has 1 fully saturated rings. The summed E-state index contributed by atoms with van der Waals surface area (Å²) < 4.78 is 5.21. The van der Waals surface area contributed by atoms with Gasteiger partial charge in [0.05, 0.1) is 11.9 Å². The van der Waals surface area contributed by atoms with Crippen molar-refractivity contribution >= 4 is 33.3 Å². The Morgan fingerprint density at radius 1 is 1.28 bits per heavy atom. The number of ether oxygens (including phenoxy) is 1. The van der Waals surface area contributed by atoms with Gasteiger partial charge in [0, 0.05) is 31.1 Å². The van der Waals surface area contributed by atoms with Gasteiger partial charge < -0.3 is 15.0 Å². The predicted molar refractivity (Wildman–Crippen MR) is 98.8 cm³/mol. The standard InChI is InChI=1S/C18H18N4O2S/c1-24-10-14-20-17(22-8-7-19-15(23)9-22)16-13(11-25-18(16)21-14)12-5-3-2-4-6-12/h2-6,11H,7-10H2,1H3,(H,19,23). The molecule has 3 aromatic rings. The summed E-state index contributed by atoms with van der Waals surface area (Å²) in [6.07, 6.45) is 0. The summed E-state index contributed by atoms with van der Waals surface area (Å²) in [7, 11) is 1.63. The van der Waals surface area contributed by atoms with Crippen LogP contribution in [0.5, 0.6) is 0 Å². The highest BCUT2D eigenvalue weighted by atomic mass is 32.1. The van der Waals surface area contributed by atoms with Crippen LogP contribution in [0.4, 0.5) is 5.82 Å². The minimum atomic E-state index is 0.0165. The van der Waals surface area contributed by atoms with Crippen molar-refractivity contribution in [3.05, 3.63) is 41.5 Å². The second-order valence-corrected chi connectivity index (χ2v) is 6.72. The first-order valence-corrected chi connectivity index (χ1v) is 8.98. The Morgan fingerprint density at radius 2 is 2.12 bits per heavy atom. The molecule has 6 nitrogen and oxygen atoms in total. The number of fused-ring (bicyclic) bond motifs is 1. The smallest absolute Gasteiger partial charge is 0.239 e. The highest BCUT2D eigenvalue weighted by Gasteiger charge is 2.23. The Morgan fingerprint density at radius 3 is 2.88 bits per heavy atom. The zero-order valence-corrected chi connectivity index (χ0v) is 14.7. The van der Waals surface area contributed by atoms with Crippen LogP contribution in [0.3, 0.4) is 0 Å². The Kier molecular flexibility index (Phi) is 4.33. The van der Waals surface area contributed by atoms with Gasteiger partial charge in [0.25, 0.3) is 0 Å². The first kappa shape index (κ1) is 16.0. The number of benzene rings is 1. The minimum absolute atomic E-state index is 0.0165. The molecule has 0 saturated carbocycles. The fourth-order valence-electron chi connectivity index (χ4n) is 3.04. The zero-order valence-electron chi connectivity index (χ0n) is 13.9. The van der Waals surface area contributed by atoms with Gasteiger partial charge in [-0.3, -0.25) is 4.79 Å². The normalized spacial score (nSPS) is 14.8. The van der Waals surface area contributed by atoms with Gasteiger partial charge in [0.15, 0.2) is 5.82 Å². The van der Waals surface area contributed by atoms with Crippen LogP contribution in [0.2, 0.25) is 0 Å². The van der Waals surface area contributed by atoms with E-state index >= 15 is 0 Å². The topological polar surface area (TPSA) is 67.3 Å². The van der Waals surface area contributed by atoms with E-state index in [1.807, 2.05) is 23.1 Å². The molecule has 0 radical (unpaired) electrons. The van der Waals surface area contributed by atoms with E-state index in [9.17, 15) is 4.79 Å². The van der Waals surface area contributed by atoms with Crippen LogP contribution < -0.4 is 10.2 Å². The van der Waals surface area contributed by atoms with Gasteiger partial charge >= 0.3 is 0 Å². The molecule has 1 aliphatic heterocycles. The van der Waals surface area contributed by atoms with Crippen LogP contribution in [0.1, 0.15) is 5.82 Å². The monoisotopic (exact) mass is 354 g/mol. The maximum Gasteiger partial charge on any atom is 0.239 e. The number of piperazine rings is 1. The lowest BCUT2D eigenvalue weighted by atomic mass is 10.1. The SMILES string of the molecule is COCc1nc(N2CCNC(=O)C2)c2c(-c3ccccc3)csc2n1. The molecule has 1 aliphatic rings. The minimum Gasteiger partial charge on any atom is -0.377 e. The maximum absolute atomic E-state index is 11.9. The third-order valence-corrected chi connectivity index (χ3v) is 5.03. The first-order chi connectivity index (χ1) is 12.3. The molecule has 0 bridgehead atoms. The van der Waals surface area contributed by atoms with E-state index in [0.717, 1.165) is 33.7 Å². The summed E-state index contributed by atoms with van der Waals surface area (Å²) in [5.74, 6) is 1.47. The molecular weight excluding hydrogens is 336 g/mol. The summed E-state index contributed by atoms with van der Waals surface area (Å²) >= 11 is 1.59. The fourth-order valence-corrected chi connectivity index (χ4v) is 4.00. The second-order valence-electron chi connectivity index (χ2n) is 5.86. The van der Waals surface area contributed by atoms with Gasteiger partial charge in [0.1, 0.15) is 17.3 Å². The molecule has 2 aromatic heterocycles. The second kappa shape index (κ2) is 6.78. The highest BCUT2D eigenvalue weighted by Crippen LogP contribution is 2.38. The van der Waals surface area contributed by atoms with Gasteiger partial charge in [-0.2, -0.15) is 0 Å². The van der Waals surface area contributed by atoms with Gasteiger partial charge in [0.2, 0.25) is 5.91 Å². The Labute approximate surface area is 149 Å². The lowest BCUT2D eigenvalue weighted by Crippen LogP contribution is -2.48. The molecule has 1 amide bonds. The van der Waals surface area contributed by atoms with E-state index in [1.54, 1.807) is 18.4 Å². The molecular formula is C18H18N4O2S. The van der Waals surface area contributed by atoms with Crippen LogP contribution in [0, 0.1) is 0 Å². The Balaban J connectivity index is 1.90. The van der Waals surface area contributed by atoms with Crippen molar-refractivity contribution < 1.29 is 9.53 Å². The molecule has 0 aliphatic carbocycles. The van der Waals surface area contributed by atoms with Gasteiger partial charge in [-0.25, -0.2) is 9.97 Å². The number of nitrogens with zero attached hydrogens (tertiary/aromatic N) is 3. The number of nitrogens with one attached hydrogen (secondary N) is 1. The largest absolute Gasteiger partial charge is 0.377 e. The van der Waals surface area contributed by atoms with Crippen LogP contribution >= 0.6 is 11.3 Å². The van der Waals surface area contributed by atoms with E-state index < -0.39 is 0 Å². The van der Waals surface area contributed by atoms with E-state index in [2.05, 4.69) is 27.8 Å². The molecule has 0 spiro atoms. The molecule has 4 rings (SSSR count). The Bertz CT molecular complexity index is 910. The molecule has 0 atom stereocenters. The number of hydrogen-bond donors (Lipinski definition) is 1. The quantitative estimate of drug-likeness (QED) is 0.779. The van der Waals surface area contributed by atoms with Crippen LogP contribution in [0.15, 0.2) is 35.7 Å². The molecule has 0 unspecified atom stereocenters. The average Bonchev–Trinajstić information content (AvgIpc) is 3.06.